The lowest BCUT2D eigenvalue weighted by atomic mass is 9.84. The predicted molar refractivity (Wildman–Crippen MR) is 75.9 cm³/mol. The van der Waals surface area contributed by atoms with Crippen molar-refractivity contribution < 1.29 is 4.79 Å². The van der Waals surface area contributed by atoms with Crippen LogP contribution in [0.25, 0.3) is 0 Å². The molecule has 0 aliphatic carbocycles. The zero-order chi connectivity index (χ0) is 14.5. The fourth-order valence-electron chi connectivity index (χ4n) is 3.22. The second-order valence-electron chi connectivity index (χ2n) is 6.06. The zero-order valence-corrected chi connectivity index (χ0v) is 12.9. The van der Waals surface area contributed by atoms with Gasteiger partial charge >= 0.3 is 6.03 Å². The molecule has 2 aliphatic heterocycles. The largest absolute Gasteiger partial charge is 0.347 e. The summed E-state index contributed by atoms with van der Waals surface area (Å²) in [6, 6.07) is 0.372. The van der Waals surface area contributed by atoms with Gasteiger partial charge in [0.2, 0.25) is 5.28 Å². The minimum atomic E-state index is -0.146. The third-order valence-electron chi connectivity index (χ3n) is 4.55. The average Bonchev–Trinajstić information content (AvgIpc) is 2.93. The van der Waals surface area contributed by atoms with Gasteiger partial charge in [-0.3, -0.25) is 4.90 Å². The summed E-state index contributed by atoms with van der Waals surface area (Å²) in [4.78, 5) is 20.9. The van der Waals surface area contributed by atoms with Gasteiger partial charge in [-0.15, -0.1) is 5.10 Å². The predicted octanol–water partition coefficient (Wildman–Crippen LogP) is 1.77. The molecule has 2 aliphatic rings. The molecule has 0 bridgehead atoms. The lowest BCUT2D eigenvalue weighted by Gasteiger charge is -2.50. The van der Waals surface area contributed by atoms with E-state index in [0.29, 0.717) is 11.9 Å². The van der Waals surface area contributed by atoms with Crippen molar-refractivity contribution in [1.29, 1.82) is 0 Å². The van der Waals surface area contributed by atoms with Gasteiger partial charge < -0.3 is 4.90 Å². The van der Waals surface area contributed by atoms with Crippen molar-refractivity contribution in [2.45, 2.75) is 45.2 Å². The highest BCUT2D eigenvalue weighted by Crippen LogP contribution is 2.40. The van der Waals surface area contributed by atoms with Crippen molar-refractivity contribution in [3.63, 3.8) is 0 Å². The number of rotatable bonds is 1. The SMILES string of the molecule is Cc1nc(Cl)n(C(=O)N2CCC23CCN(C(C)C)C3)n1. The maximum absolute atomic E-state index is 12.6. The quantitative estimate of drug-likeness (QED) is 0.793. The Kier molecular flexibility index (Phi) is 3.25. The molecule has 1 atom stereocenters. The van der Waals surface area contributed by atoms with E-state index < -0.39 is 0 Å². The first-order valence-corrected chi connectivity index (χ1v) is 7.46. The zero-order valence-electron chi connectivity index (χ0n) is 12.1. The smallest absolute Gasteiger partial charge is 0.316 e. The molecule has 3 heterocycles. The number of carbonyl (C=O) groups excluding carboxylic acids is 1. The molecule has 2 saturated heterocycles. The Bertz CT molecular complexity index is 543. The van der Waals surface area contributed by atoms with E-state index in [4.69, 9.17) is 11.6 Å². The average molecular weight is 298 g/mol. The molecule has 0 radical (unpaired) electrons. The van der Waals surface area contributed by atoms with Crippen molar-refractivity contribution in [1.82, 2.24) is 24.6 Å². The number of hydrogen-bond donors (Lipinski definition) is 0. The van der Waals surface area contributed by atoms with Crippen LogP contribution in [0.5, 0.6) is 0 Å². The molecule has 1 unspecified atom stereocenters. The Labute approximate surface area is 123 Å². The van der Waals surface area contributed by atoms with Crippen LogP contribution in [0.4, 0.5) is 4.79 Å². The highest BCUT2D eigenvalue weighted by molar-refractivity contribution is 6.29. The summed E-state index contributed by atoms with van der Waals surface area (Å²) >= 11 is 5.97. The minimum absolute atomic E-state index is 0.0233. The molecule has 20 heavy (non-hydrogen) atoms. The molecule has 1 aromatic rings. The van der Waals surface area contributed by atoms with Gasteiger partial charge in [0.15, 0.2) is 0 Å². The summed E-state index contributed by atoms with van der Waals surface area (Å²) in [6.45, 7) is 8.90. The van der Waals surface area contributed by atoms with Gasteiger partial charge in [0.25, 0.3) is 0 Å². The van der Waals surface area contributed by atoms with Gasteiger partial charge in [-0.25, -0.2) is 9.78 Å². The molecule has 7 heteroatoms. The van der Waals surface area contributed by atoms with Crippen molar-refractivity contribution in [2.24, 2.45) is 0 Å². The maximum atomic E-state index is 12.6. The van der Waals surface area contributed by atoms with Crippen LogP contribution in [0, 0.1) is 6.92 Å². The summed E-state index contributed by atoms with van der Waals surface area (Å²) in [5.74, 6) is 0.521. The lowest BCUT2D eigenvalue weighted by molar-refractivity contribution is 0.0275. The Morgan fingerprint density at radius 1 is 1.35 bits per heavy atom. The van der Waals surface area contributed by atoms with Gasteiger partial charge in [0.05, 0.1) is 5.54 Å². The van der Waals surface area contributed by atoms with Gasteiger partial charge in [-0.05, 0) is 45.2 Å². The van der Waals surface area contributed by atoms with Crippen molar-refractivity contribution >= 4 is 17.6 Å². The second kappa shape index (κ2) is 4.70. The first kappa shape index (κ1) is 13.8. The number of carbonyl (C=O) groups is 1. The van der Waals surface area contributed by atoms with Crippen molar-refractivity contribution in [3.05, 3.63) is 11.1 Å². The van der Waals surface area contributed by atoms with Gasteiger partial charge in [0, 0.05) is 25.7 Å². The number of aromatic nitrogens is 3. The number of halogens is 1. The summed E-state index contributed by atoms with van der Waals surface area (Å²) in [6.07, 6.45) is 2.09. The molecule has 3 rings (SSSR count). The van der Waals surface area contributed by atoms with Crippen molar-refractivity contribution in [2.75, 3.05) is 19.6 Å². The molecule has 2 fully saturated rings. The fraction of sp³-hybridized carbons (Fsp3) is 0.769. The van der Waals surface area contributed by atoms with Crippen molar-refractivity contribution in [3.8, 4) is 0 Å². The molecule has 1 aromatic heterocycles. The number of aryl methyl sites for hydroxylation is 1. The highest BCUT2D eigenvalue weighted by atomic mass is 35.5. The van der Waals surface area contributed by atoms with E-state index >= 15 is 0 Å². The van der Waals surface area contributed by atoms with Crippen LogP contribution in [0.15, 0.2) is 0 Å². The van der Waals surface area contributed by atoms with Crippen LogP contribution in [0.3, 0.4) is 0 Å². The molecule has 0 aromatic carbocycles. The van der Waals surface area contributed by atoms with Gasteiger partial charge in [-0.1, -0.05) is 0 Å². The van der Waals surface area contributed by atoms with Crippen LogP contribution in [-0.2, 0) is 0 Å². The Morgan fingerprint density at radius 2 is 2.05 bits per heavy atom. The van der Waals surface area contributed by atoms with Gasteiger partial charge in [0.1, 0.15) is 5.82 Å². The first-order chi connectivity index (χ1) is 9.43. The monoisotopic (exact) mass is 297 g/mol. The van der Waals surface area contributed by atoms with Gasteiger partial charge in [-0.2, -0.15) is 4.68 Å². The molecule has 0 saturated carbocycles. The first-order valence-electron chi connectivity index (χ1n) is 7.08. The third kappa shape index (κ3) is 2.02. The number of amides is 1. The van der Waals surface area contributed by atoms with Crippen LogP contribution in [-0.4, -0.2) is 61.8 Å². The van der Waals surface area contributed by atoms with Crippen LogP contribution in [0.2, 0.25) is 5.28 Å². The van der Waals surface area contributed by atoms with Crippen LogP contribution < -0.4 is 0 Å². The minimum Gasteiger partial charge on any atom is -0.316 e. The molecule has 110 valence electrons. The van der Waals surface area contributed by atoms with E-state index in [0.717, 1.165) is 32.5 Å². The molecule has 0 N–H and O–H groups in total. The number of likely N-dealkylation sites (tertiary alicyclic amines) is 2. The van der Waals surface area contributed by atoms with E-state index in [1.165, 1.54) is 4.68 Å². The summed E-state index contributed by atoms with van der Waals surface area (Å²) in [5, 5.41) is 4.24. The van der Waals surface area contributed by atoms with Crippen LogP contribution >= 0.6 is 11.6 Å². The van der Waals surface area contributed by atoms with E-state index in [1.807, 2.05) is 4.90 Å². The number of nitrogens with zero attached hydrogens (tertiary/aromatic N) is 5. The molecular weight excluding hydrogens is 278 g/mol. The Hall–Kier alpha value is -1.14. The highest BCUT2D eigenvalue weighted by Gasteiger charge is 2.52. The molecule has 1 amide bonds. The third-order valence-corrected chi connectivity index (χ3v) is 4.80. The lowest BCUT2D eigenvalue weighted by Crippen LogP contribution is -2.64. The molecular formula is C13H20ClN5O. The maximum Gasteiger partial charge on any atom is 0.347 e. The molecule has 6 nitrogen and oxygen atoms in total. The Morgan fingerprint density at radius 3 is 2.50 bits per heavy atom. The standard InChI is InChI=1S/C13H20ClN5O/c1-9(2)17-6-4-13(8-17)5-7-18(13)12(20)19-11(14)15-10(3)16-19/h9H,4-8H2,1-3H3. The van der Waals surface area contributed by atoms with E-state index in [-0.39, 0.29) is 16.9 Å². The second-order valence-corrected chi connectivity index (χ2v) is 6.40. The van der Waals surface area contributed by atoms with E-state index in [9.17, 15) is 4.79 Å². The summed E-state index contributed by atoms with van der Waals surface area (Å²) < 4.78 is 1.22. The fourth-order valence-corrected chi connectivity index (χ4v) is 3.45. The van der Waals surface area contributed by atoms with E-state index in [1.54, 1.807) is 6.92 Å². The number of hydrogen-bond acceptors (Lipinski definition) is 4. The summed E-state index contributed by atoms with van der Waals surface area (Å²) in [5.41, 5.74) is -0.0233. The summed E-state index contributed by atoms with van der Waals surface area (Å²) in [7, 11) is 0. The topological polar surface area (TPSA) is 54.3 Å². The van der Waals surface area contributed by atoms with Crippen LogP contribution in [0.1, 0.15) is 32.5 Å². The Balaban J connectivity index is 1.79. The molecule has 1 spiro atoms. The normalized spacial score (nSPS) is 26.6. The van der Waals surface area contributed by atoms with E-state index in [2.05, 4.69) is 28.8 Å².